The largest absolute Gasteiger partial charge is 0.489 e. The molecule has 26 heavy (non-hydrogen) atoms. The number of benzene rings is 2. The fraction of sp³-hybridized carbons (Fsp3) is 0.158. The number of ether oxygens (including phenoxy) is 1. The van der Waals surface area contributed by atoms with E-state index in [2.05, 4.69) is 15.5 Å². The first-order valence-electron chi connectivity index (χ1n) is 8.11. The summed E-state index contributed by atoms with van der Waals surface area (Å²) in [6.45, 7) is 4.21. The molecule has 4 aromatic rings. The molecule has 0 bridgehead atoms. The number of aromatic nitrogens is 4. The molecule has 7 nitrogen and oxygen atoms in total. The summed E-state index contributed by atoms with van der Waals surface area (Å²) in [6.07, 6.45) is 1.52. The maximum Gasteiger partial charge on any atom is 0.336 e. The van der Waals surface area contributed by atoms with Gasteiger partial charge >= 0.3 is 5.63 Å². The van der Waals surface area contributed by atoms with Crippen LogP contribution in [0.25, 0.3) is 16.7 Å². The summed E-state index contributed by atoms with van der Waals surface area (Å²) in [6, 6.07) is 12.8. The van der Waals surface area contributed by atoms with Crippen molar-refractivity contribution in [2.75, 3.05) is 0 Å². The zero-order valence-corrected chi connectivity index (χ0v) is 14.3. The van der Waals surface area contributed by atoms with E-state index >= 15 is 0 Å². The van der Waals surface area contributed by atoms with Gasteiger partial charge in [0.1, 0.15) is 24.3 Å². The zero-order valence-electron chi connectivity index (χ0n) is 14.3. The highest BCUT2D eigenvalue weighted by atomic mass is 16.5. The van der Waals surface area contributed by atoms with Crippen LogP contribution in [-0.4, -0.2) is 20.2 Å². The second-order valence-electron chi connectivity index (χ2n) is 6.01. The first kappa shape index (κ1) is 16.0. The van der Waals surface area contributed by atoms with Gasteiger partial charge in [0.2, 0.25) is 0 Å². The minimum atomic E-state index is -0.376. The summed E-state index contributed by atoms with van der Waals surface area (Å²) in [5.41, 5.74) is 3.91. The van der Waals surface area contributed by atoms with Crippen LogP contribution in [0.1, 0.15) is 16.7 Å². The average molecular weight is 348 g/mol. The van der Waals surface area contributed by atoms with Gasteiger partial charge in [0.15, 0.2) is 0 Å². The standard InChI is InChI=1S/C19H16N4O3/c1-12-3-8-17-14(9-18(24)26-19(17)13(12)2)10-25-16-6-4-15(5-7-16)23-11-20-21-22-23/h3-9,11H,10H2,1-2H3. The van der Waals surface area contributed by atoms with Crippen LogP contribution in [0.15, 0.2) is 58.0 Å². The fourth-order valence-corrected chi connectivity index (χ4v) is 2.78. The Morgan fingerprint density at radius 2 is 1.92 bits per heavy atom. The first-order valence-corrected chi connectivity index (χ1v) is 8.11. The van der Waals surface area contributed by atoms with Crippen LogP contribution in [0.2, 0.25) is 0 Å². The van der Waals surface area contributed by atoms with Crippen LogP contribution < -0.4 is 10.4 Å². The lowest BCUT2D eigenvalue weighted by molar-refractivity contribution is 0.306. The average Bonchev–Trinajstić information content (AvgIpc) is 3.18. The molecule has 0 saturated heterocycles. The van der Waals surface area contributed by atoms with Gasteiger partial charge in [-0.3, -0.25) is 0 Å². The van der Waals surface area contributed by atoms with Crippen molar-refractivity contribution in [1.29, 1.82) is 0 Å². The summed E-state index contributed by atoms with van der Waals surface area (Å²) in [5, 5.41) is 11.9. The van der Waals surface area contributed by atoms with Crippen molar-refractivity contribution < 1.29 is 9.15 Å². The highest BCUT2D eigenvalue weighted by Crippen LogP contribution is 2.24. The lowest BCUT2D eigenvalue weighted by Gasteiger charge is -2.11. The number of hydrogen-bond donors (Lipinski definition) is 0. The summed E-state index contributed by atoms with van der Waals surface area (Å²) >= 11 is 0. The lowest BCUT2D eigenvalue weighted by Crippen LogP contribution is -2.05. The molecule has 0 radical (unpaired) electrons. The van der Waals surface area contributed by atoms with Gasteiger partial charge in [-0.2, -0.15) is 0 Å². The minimum absolute atomic E-state index is 0.273. The lowest BCUT2D eigenvalue weighted by atomic mass is 10.0. The topological polar surface area (TPSA) is 83.0 Å². The quantitative estimate of drug-likeness (QED) is 0.527. The Morgan fingerprint density at radius 3 is 2.65 bits per heavy atom. The molecule has 7 heteroatoms. The van der Waals surface area contributed by atoms with E-state index < -0.39 is 0 Å². The molecular formula is C19H16N4O3. The van der Waals surface area contributed by atoms with E-state index in [0.717, 1.165) is 27.8 Å². The molecule has 0 amide bonds. The number of rotatable bonds is 4. The van der Waals surface area contributed by atoms with Gasteiger partial charge in [-0.1, -0.05) is 12.1 Å². The van der Waals surface area contributed by atoms with E-state index in [1.54, 1.807) is 4.68 Å². The monoisotopic (exact) mass is 348 g/mol. The Hall–Kier alpha value is -3.48. The van der Waals surface area contributed by atoms with Gasteiger partial charge in [0.05, 0.1) is 5.69 Å². The molecule has 0 unspecified atom stereocenters. The van der Waals surface area contributed by atoms with E-state index in [1.165, 1.54) is 12.4 Å². The third-order valence-electron chi connectivity index (χ3n) is 4.36. The SMILES string of the molecule is Cc1ccc2c(COc3ccc(-n4cnnn4)cc3)cc(=O)oc2c1C. The van der Waals surface area contributed by atoms with E-state index in [4.69, 9.17) is 9.15 Å². The van der Waals surface area contributed by atoms with Crippen LogP contribution in [0.4, 0.5) is 0 Å². The highest BCUT2D eigenvalue weighted by molar-refractivity contribution is 5.83. The molecule has 0 fully saturated rings. The number of nitrogens with zero attached hydrogens (tertiary/aromatic N) is 4. The molecule has 130 valence electrons. The Labute approximate surface area is 148 Å². The molecule has 2 aromatic carbocycles. The maximum atomic E-state index is 11.9. The van der Waals surface area contributed by atoms with Gasteiger partial charge in [0.25, 0.3) is 0 Å². The van der Waals surface area contributed by atoms with Crippen molar-refractivity contribution in [3.05, 3.63) is 75.9 Å². The van der Waals surface area contributed by atoms with E-state index in [9.17, 15) is 4.79 Å². The molecule has 0 atom stereocenters. The molecule has 0 aliphatic rings. The van der Waals surface area contributed by atoms with Crippen LogP contribution in [0.3, 0.4) is 0 Å². The molecule has 2 heterocycles. The molecule has 0 aliphatic carbocycles. The highest BCUT2D eigenvalue weighted by Gasteiger charge is 2.10. The Balaban J connectivity index is 1.60. The van der Waals surface area contributed by atoms with Crippen molar-refractivity contribution in [3.63, 3.8) is 0 Å². The Bertz CT molecular complexity index is 1120. The number of fused-ring (bicyclic) bond motifs is 1. The molecule has 4 rings (SSSR count). The molecule has 0 N–H and O–H groups in total. The van der Waals surface area contributed by atoms with Gasteiger partial charge in [-0.05, 0) is 59.7 Å². The first-order chi connectivity index (χ1) is 12.6. The number of tetrazole rings is 1. The smallest absolute Gasteiger partial charge is 0.336 e. The van der Waals surface area contributed by atoms with Gasteiger partial charge in [-0.15, -0.1) is 5.10 Å². The van der Waals surface area contributed by atoms with Crippen LogP contribution in [0, 0.1) is 13.8 Å². The van der Waals surface area contributed by atoms with Gasteiger partial charge in [-0.25, -0.2) is 9.48 Å². The summed E-state index contributed by atoms with van der Waals surface area (Å²) in [7, 11) is 0. The molecular weight excluding hydrogens is 332 g/mol. The van der Waals surface area contributed by atoms with Gasteiger partial charge < -0.3 is 9.15 Å². The second kappa shape index (κ2) is 6.44. The zero-order chi connectivity index (χ0) is 18.1. The molecule has 0 spiro atoms. The maximum absolute atomic E-state index is 11.9. The van der Waals surface area contributed by atoms with E-state index in [0.29, 0.717) is 11.3 Å². The van der Waals surface area contributed by atoms with Crippen LogP contribution in [-0.2, 0) is 6.61 Å². The fourth-order valence-electron chi connectivity index (χ4n) is 2.78. The second-order valence-corrected chi connectivity index (χ2v) is 6.01. The molecule has 2 aromatic heterocycles. The Kier molecular flexibility index (Phi) is 3.96. The predicted molar refractivity (Wildman–Crippen MR) is 95.4 cm³/mol. The van der Waals surface area contributed by atoms with Crippen molar-refractivity contribution in [2.45, 2.75) is 20.5 Å². The molecule has 0 aliphatic heterocycles. The molecule has 0 saturated carbocycles. The summed E-state index contributed by atoms with van der Waals surface area (Å²) in [5.74, 6) is 0.687. The van der Waals surface area contributed by atoms with Crippen molar-refractivity contribution >= 4 is 11.0 Å². The van der Waals surface area contributed by atoms with Crippen molar-refractivity contribution in [3.8, 4) is 11.4 Å². The normalized spacial score (nSPS) is 11.0. The van der Waals surface area contributed by atoms with Crippen molar-refractivity contribution in [2.24, 2.45) is 0 Å². The third-order valence-corrected chi connectivity index (χ3v) is 4.36. The Morgan fingerprint density at radius 1 is 1.12 bits per heavy atom. The van der Waals surface area contributed by atoms with Crippen molar-refractivity contribution in [1.82, 2.24) is 20.2 Å². The van der Waals surface area contributed by atoms with E-state index in [1.807, 2.05) is 50.2 Å². The van der Waals surface area contributed by atoms with E-state index in [-0.39, 0.29) is 12.2 Å². The number of aryl methyl sites for hydroxylation is 2. The van der Waals surface area contributed by atoms with Crippen LogP contribution in [0.5, 0.6) is 5.75 Å². The summed E-state index contributed by atoms with van der Waals surface area (Å²) in [4.78, 5) is 11.9. The minimum Gasteiger partial charge on any atom is -0.489 e. The van der Waals surface area contributed by atoms with Crippen LogP contribution >= 0.6 is 0 Å². The predicted octanol–water partition coefficient (Wildman–Crippen LogP) is 2.96. The number of hydrogen-bond acceptors (Lipinski definition) is 6. The van der Waals surface area contributed by atoms with Gasteiger partial charge in [0, 0.05) is 17.0 Å². The third kappa shape index (κ3) is 2.95. The summed E-state index contributed by atoms with van der Waals surface area (Å²) < 4.78 is 12.8.